The first kappa shape index (κ1) is 17.4. The largest absolute Gasteiger partial charge is 0.478 e. The molecule has 4 rings (SSSR count). The maximum absolute atomic E-state index is 11.1. The molecule has 1 atom stereocenters. The first-order chi connectivity index (χ1) is 13.2. The van der Waals surface area contributed by atoms with E-state index in [1.807, 2.05) is 10.8 Å². The topological polar surface area (TPSA) is 71.2 Å². The molecule has 1 aliphatic heterocycles. The summed E-state index contributed by atoms with van der Waals surface area (Å²) in [6.45, 7) is 2.91. The minimum Gasteiger partial charge on any atom is -0.478 e. The third-order valence-electron chi connectivity index (χ3n) is 5.10. The molecule has 1 saturated heterocycles. The van der Waals surface area contributed by atoms with Crippen LogP contribution in [-0.2, 0) is 6.54 Å². The van der Waals surface area contributed by atoms with Crippen LogP contribution in [0.25, 0.3) is 11.4 Å². The average molecular weight is 362 g/mol. The van der Waals surface area contributed by atoms with Crippen molar-refractivity contribution < 1.29 is 9.90 Å². The Kier molecular flexibility index (Phi) is 4.98. The Bertz CT molecular complexity index is 923. The van der Waals surface area contributed by atoms with Gasteiger partial charge in [-0.2, -0.15) is 0 Å². The van der Waals surface area contributed by atoms with Crippen molar-refractivity contribution in [3.63, 3.8) is 0 Å². The highest BCUT2D eigenvalue weighted by Gasteiger charge is 2.25. The summed E-state index contributed by atoms with van der Waals surface area (Å²) in [5, 5.41) is 9.13. The molecule has 6 heteroatoms. The van der Waals surface area contributed by atoms with Gasteiger partial charge in [0.05, 0.1) is 17.6 Å². The molecule has 3 heterocycles. The highest BCUT2D eigenvalue weighted by atomic mass is 16.4. The molecule has 1 aromatic carbocycles. The smallest absolute Gasteiger partial charge is 0.335 e. The third kappa shape index (κ3) is 3.90. The standard InChI is InChI=1S/C21H22N4O2/c26-21(27)17-8-9-22-18(13-17)19-14-24(15-23-19)11-12-25-10-4-7-20(25)16-5-2-1-3-6-16/h1-3,5-6,8-9,13-15,20H,4,7,10-12H2,(H,26,27). The van der Waals surface area contributed by atoms with E-state index in [1.165, 1.54) is 30.7 Å². The number of hydrogen-bond acceptors (Lipinski definition) is 4. The minimum absolute atomic E-state index is 0.220. The van der Waals surface area contributed by atoms with Crippen molar-refractivity contribution in [2.24, 2.45) is 0 Å². The van der Waals surface area contributed by atoms with E-state index >= 15 is 0 Å². The molecule has 0 radical (unpaired) electrons. The van der Waals surface area contributed by atoms with Crippen molar-refractivity contribution in [1.29, 1.82) is 0 Å². The van der Waals surface area contributed by atoms with E-state index in [1.54, 1.807) is 12.4 Å². The highest BCUT2D eigenvalue weighted by Crippen LogP contribution is 2.31. The van der Waals surface area contributed by atoms with Gasteiger partial charge < -0.3 is 9.67 Å². The third-order valence-corrected chi connectivity index (χ3v) is 5.10. The van der Waals surface area contributed by atoms with Crippen molar-refractivity contribution in [2.75, 3.05) is 13.1 Å². The molecular weight excluding hydrogens is 340 g/mol. The molecule has 0 aliphatic carbocycles. The van der Waals surface area contributed by atoms with Crippen LogP contribution in [0, 0.1) is 0 Å². The summed E-state index contributed by atoms with van der Waals surface area (Å²) >= 11 is 0. The number of rotatable bonds is 6. The Morgan fingerprint density at radius 3 is 2.78 bits per heavy atom. The first-order valence-corrected chi connectivity index (χ1v) is 9.21. The molecule has 0 spiro atoms. The summed E-state index contributed by atoms with van der Waals surface area (Å²) in [4.78, 5) is 22.3. The zero-order valence-corrected chi connectivity index (χ0v) is 15.0. The molecule has 6 nitrogen and oxygen atoms in total. The number of nitrogens with zero attached hydrogens (tertiary/aromatic N) is 4. The van der Waals surface area contributed by atoms with Gasteiger partial charge in [0.2, 0.25) is 0 Å². The zero-order valence-electron chi connectivity index (χ0n) is 15.0. The fourth-order valence-corrected chi connectivity index (χ4v) is 3.71. The molecule has 0 saturated carbocycles. The summed E-state index contributed by atoms with van der Waals surface area (Å²) in [6.07, 6.45) is 7.65. The summed E-state index contributed by atoms with van der Waals surface area (Å²) in [5.74, 6) is -0.959. The van der Waals surface area contributed by atoms with E-state index in [2.05, 4.69) is 45.2 Å². The minimum atomic E-state index is -0.959. The van der Waals surface area contributed by atoms with E-state index in [0.29, 0.717) is 17.4 Å². The van der Waals surface area contributed by atoms with Gasteiger partial charge in [0, 0.05) is 31.5 Å². The van der Waals surface area contributed by atoms with Crippen LogP contribution >= 0.6 is 0 Å². The molecule has 3 aromatic rings. The van der Waals surface area contributed by atoms with E-state index in [9.17, 15) is 4.79 Å². The lowest BCUT2D eigenvalue weighted by Crippen LogP contribution is -2.27. The lowest BCUT2D eigenvalue weighted by Gasteiger charge is -2.24. The van der Waals surface area contributed by atoms with Gasteiger partial charge in [-0.3, -0.25) is 9.88 Å². The Labute approximate surface area is 158 Å². The molecule has 1 fully saturated rings. The maximum Gasteiger partial charge on any atom is 0.335 e. The molecular formula is C21H22N4O2. The van der Waals surface area contributed by atoms with Gasteiger partial charge in [-0.15, -0.1) is 0 Å². The number of aromatic carboxylic acids is 1. The summed E-state index contributed by atoms with van der Waals surface area (Å²) in [5.41, 5.74) is 2.88. The van der Waals surface area contributed by atoms with Gasteiger partial charge >= 0.3 is 5.97 Å². The number of likely N-dealkylation sites (tertiary alicyclic amines) is 1. The first-order valence-electron chi connectivity index (χ1n) is 9.21. The molecule has 1 N–H and O–H groups in total. The molecule has 2 aromatic heterocycles. The number of benzene rings is 1. The lowest BCUT2D eigenvalue weighted by atomic mass is 10.0. The van der Waals surface area contributed by atoms with Crippen LogP contribution in [0.2, 0.25) is 0 Å². The van der Waals surface area contributed by atoms with Gasteiger partial charge in [-0.25, -0.2) is 9.78 Å². The molecule has 27 heavy (non-hydrogen) atoms. The SMILES string of the molecule is O=C(O)c1ccnc(-c2cn(CCN3CCCC3c3ccccc3)cn2)c1. The fourth-order valence-electron chi connectivity index (χ4n) is 3.71. The second kappa shape index (κ2) is 7.72. The monoisotopic (exact) mass is 362 g/mol. The van der Waals surface area contributed by atoms with Crippen LogP contribution in [0.5, 0.6) is 0 Å². The number of pyridine rings is 1. The van der Waals surface area contributed by atoms with Gasteiger partial charge in [0.1, 0.15) is 5.69 Å². The lowest BCUT2D eigenvalue weighted by molar-refractivity contribution is 0.0697. The number of carboxylic acid groups (broad SMARTS) is 1. The van der Waals surface area contributed by atoms with Gasteiger partial charge in [-0.05, 0) is 37.1 Å². The number of imidazole rings is 1. The zero-order chi connectivity index (χ0) is 18.6. The molecule has 1 aliphatic rings. The van der Waals surface area contributed by atoms with Gasteiger partial charge in [0.15, 0.2) is 0 Å². The van der Waals surface area contributed by atoms with E-state index in [0.717, 1.165) is 19.6 Å². The van der Waals surface area contributed by atoms with Crippen LogP contribution in [0.4, 0.5) is 0 Å². The van der Waals surface area contributed by atoms with Crippen molar-refractivity contribution in [3.05, 3.63) is 72.3 Å². The molecule has 138 valence electrons. The summed E-state index contributed by atoms with van der Waals surface area (Å²) in [7, 11) is 0. The Hall–Kier alpha value is -2.99. The van der Waals surface area contributed by atoms with Gasteiger partial charge in [0.25, 0.3) is 0 Å². The average Bonchev–Trinajstić information content (AvgIpc) is 3.36. The van der Waals surface area contributed by atoms with Crippen LogP contribution in [-0.4, -0.2) is 43.6 Å². The molecule has 0 bridgehead atoms. The quantitative estimate of drug-likeness (QED) is 0.727. The Morgan fingerprint density at radius 2 is 1.96 bits per heavy atom. The van der Waals surface area contributed by atoms with E-state index in [-0.39, 0.29) is 5.56 Å². The van der Waals surface area contributed by atoms with E-state index < -0.39 is 5.97 Å². The van der Waals surface area contributed by atoms with Crippen LogP contribution in [0.15, 0.2) is 61.2 Å². The maximum atomic E-state index is 11.1. The molecule has 1 unspecified atom stereocenters. The summed E-state index contributed by atoms with van der Waals surface area (Å²) < 4.78 is 2.05. The summed E-state index contributed by atoms with van der Waals surface area (Å²) in [6, 6.07) is 14.2. The van der Waals surface area contributed by atoms with Crippen molar-refractivity contribution in [2.45, 2.75) is 25.4 Å². The number of carboxylic acids is 1. The predicted molar refractivity (Wildman–Crippen MR) is 102 cm³/mol. The normalized spacial score (nSPS) is 17.3. The van der Waals surface area contributed by atoms with Gasteiger partial charge in [-0.1, -0.05) is 30.3 Å². The second-order valence-corrected chi connectivity index (χ2v) is 6.84. The highest BCUT2D eigenvalue weighted by molar-refractivity contribution is 5.88. The number of hydrogen-bond donors (Lipinski definition) is 1. The van der Waals surface area contributed by atoms with Crippen molar-refractivity contribution >= 4 is 5.97 Å². The van der Waals surface area contributed by atoms with E-state index in [4.69, 9.17) is 5.11 Å². The fraction of sp³-hybridized carbons (Fsp3) is 0.286. The number of aromatic nitrogens is 3. The number of carbonyl (C=O) groups is 1. The van der Waals surface area contributed by atoms with Crippen LogP contribution < -0.4 is 0 Å². The van der Waals surface area contributed by atoms with Crippen molar-refractivity contribution in [3.8, 4) is 11.4 Å². The molecule has 0 amide bonds. The second-order valence-electron chi connectivity index (χ2n) is 6.84. The van der Waals surface area contributed by atoms with Crippen LogP contribution in [0.1, 0.15) is 34.8 Å². The van der Waals surface area contributed by atoms with Crippen molar-refractivity contribution in [1.82, 2.24) is 19.4 Å². The van der Waals surface area contributed by atoms with Crippen LogP contribution in [0.3, 0.4) is 0 Å². The Balaban J connectivity index is 1.43. The predicted octanol–water partition coefficient (Wildman–Crippen LogP) is 3.48. The Morgan fingerprint density at radius 1 is 1.11 bits per heavy atom.